The molecule has 0 spiro atoms. The highest BCUT2D eigenvalue weighted by atomic mass is 16.3. The summed E-state index contributed by atoms with van der Waals surface area (Å²) in [6.07, 6.45) is 0. The topological polar surface area (TPSA) is 51.8 Å². The van der Waals surface area contributed by atoms with Gasteiger partial charge in [0.05, 0.1) is 0 Å². The summed E-state index contributed by atoms with van der Waals surface area (Å²) in [5, 5.41) is 2.21. The summed E-state index contributed by atoms with van der Waals surface area (Å²) in [5.41, 5.74) is 18.2. The fourth-order valence-electron chi connectivity index (χ4n) is 9.72. The minimum absolute atomic E-state index is 0.170. The van der Waals surface area contributed by atoms with Gasteiger partial charge in [-0.05, 0) is 103 Å². The van der Waals surface area contributed by atoms with E-state index in [-0.39, 0.29) is 5.41 Å². The lowest BCUT2D eigenvalue weighted by atomic mass is 9.82. The van der Waals surface area contributed by atoms with Crippen molar-refractivity contribution in [2.24, 2.45) is 0 Å². The van der Waals surface area contributed by atoms with Crippen LogP contribution < -0.4 is 0 Å². The second-order valence-electron chi connectivity index (χ2n) is 17.2. The molecule has 64 heavy (non-hydrogen) atoms. The van der Waals surface area contributed by atoms with Gasteiger partial charge in [0.15, 0.2) is 17.5 Å². The third-order valence-corrected chi connectivity index (χ3v) is 12.9. The van der Waals surface area contributed by atoms with Gasteiger partial charge in [-0.25, -0.2) is 15.0 Å². The second-order valence-corrected chi connectivity index (χ2v) is 17.2. The smallest absolute Gasteiger partial charge is 0.164 e. The molecule has 0 bridgehead atoms. The largest absolute Gasteiger partial charge is 0.456 e. The Balaban J connectivity index is 1.06. The molecule has 302 valence electrons. The lowest BCUT2D eigenvalue weighted by Gasteiger charge is -2.21. The van der Waals surface area contributed by atoms with Crippen LogP contribution in [0.25, 0.3) is 112 Å². The Morgan fingerprint density at radius 3 is 1.56 bits per heavy atom. The van der Waals surface area contributed by atoms with Crippen LogP contribution in [0.4, 0.5) is 0 Å². The molecule has 0 saturated carbocycles. The molecule has 2 heterocycles. The van der Waals surface area contributed by atoms with Crippen molar-refractivity contribution in [2.75, 3.05) is 0 Å². The Morgan fingerprint density at radius 1 is 0.328 bits per heavy atom. The summed E-state index contributed by atoms with van der Waals surface area (Å²) < 4.78 is 6.62. The van der Waals surface area contributed by atoms with Gasteiger partial charge in [-0.3, -0.25) is 0 Å². The number of fused-ring (bicyclic) bond motifs is 6. The van der Waals surface area contributed by atoms with Gasteiger partial charge in [0.2, 0.25) is 0 Å². The molecule has 0 aliphatic heterocycles. The highest BCUT2D eigenvalue weighted by Crippen LogP contribution is 2.52. The maximum Gasteiger partial charge on any atom is 0.164 e. The van der Waals surface area contributed by atoms with Crippen LogP contribution >= 0.6 is 0 Å². The first kappa shape index (κ1) is 37.5. The maximum atomic E-state index is 6.62. The summed E-state index contributed by atoms with van der Waals surface area (Å²) >= 11 is 0. The van der Waals surface area contributed by atoms with E-state index < -0.39 is 0 Å². The van der Waals surface area contributed by atoms with Crippen LogP contribution in [0, 0.1) is 0 Å². The Morgan fingerprint density at radius 2 is 0.828 bits per heavy atom. The highest BCUT2D eigenvalue weighted by molar-refractivity contribution is 6.13. The van der Waals surface area contributed by atoms with E-state index in [4.69, 9.17) is 19.4 Å². The third-order valence-electron chi connectivity index (χ3n) is 12.9. The van der Waals surface area contributed by atoms with Crippen LogP contribution in [-0.2, 0) is 5.41 Å². The van der Waals surface area contributed by atoms with E-state index in [1.54, 1.807) is 0 Å². The number of hydrogen-bond donors (Lipinski definition) is 0. The average molecular weight is 820 g/mol. The monoisotopic (exact) mass is 819 g/mol. The SMILES string of the molecule is CC1(C)c2ccccc2-c2c(-c3nc(-c4ccc(-c5ccccc5)cc4)nc(-c4cc(-c5ccccc5)cc(-c5ccc6c(c5)oc5cccc(-c7ccccc7)c56)c4)n3)cccc21. The Labute approximate surface area is 372 Å². The van der Waals surface area contributed by atoms with E-state index in [0.29, 0.717) is 17.5 Å². The molecule has 2 aromatic heterocycles. The molecule has 9 aromatic carbocycles. The predicted octanol–water partition coefficient (Wildman–Crippen LogP) is 15.7. The molecule has 1 aliphatic carbocycles. The van der Waals surface area contributed by atoms with E-state index in [1.807, 2.05) is 6.07 Å². The number of rotatable bonds is 7. The molecule has 0 unspecified atom stereocenters. The number of hydrogen-bond acceptors (Lipinski definition) is 4. The zero-order chi connectivity index (χ0) is 42.8. The molecule has 11 aromatic rings. The fourth-order valence-corrected chi connectivity index (χ4v) is 9.72. The van der Waals surface area contributed by atoms with Gasteiger partial charge >= 0.3 is 0 Å². The van der Waals surface area contributed by atoms with Crippen molar-refractivity contribution in [2.45, 2.75) is 19.3 Å². The molecule has 4 nitrogen and oxygen atoms in total. The minimum atomic E-state index is -0.170. The minimum Gasteiger partial charge on any atom is -0.456 e. The molecule has 0 N–H and O–H groups in total. The van der Waals surface area contributed by atoms with E-state index in [0.717, 1.165) is 83.1 Å². The first-order valence-electron chi connectivity index (χ1n) is 21.8. The van der Waals surface area contributed by atoms with Crippen molar-refractivity contribution in [1.29, 1.82) is 0 Å². The number of furan rings is 1. The van der Waals surface area contributed by atoms with Gasteiger partial charge in [-0.1, -0.05) is 190 Å². The van der Waals surface area contributed by atoms with E-state index in [1.165, 1.54) is 22.3 Å². The van der Waals surface area contributed by atoms with Gasteiger partial charge in [-0.2, -0.15) is 0 Å². The van der Waals surface area contributed by atoms with Crippen LogP contribution in [0.15, 0.2) is 217 Å². The van der Waals surface area contributed by atoms with Crippen LogP contribution in [0.5, 0.6) is 0 Å². The molecule has 1 aliphatic rings. The second kappa shape index (κ2) is 15.0. The zero-order valence-corrected chi connectivity index (χ0v) is 35.5. The molecule has 0 saturated heterocycles. The van der Waals surface area contributed by atoms with Gasteiger partial charge in [0, 0.05) is 32.9 Å². The number of nitrogens with zero attached hydrogens (tertiary/aromatic N) is 3. The zero-order valence-electron chi connectivity index (χ0n) is 35.5. The van der Waals surface area contributed by atoms with Gasteiger partial charge < -0.3 is 4.42 Å². The molecular weight excluding hydrogens is 779 g/mol. The molecule has 0 radical (unpaired) electrons. The average Bonchev–Trinajstić information content (AvgIpc) is 3.86. The maximum absolute atomic E-state index is 6.62. The van der Waals surface area contributed by atoms with Crippen molar-refractivity contribution in [3.63, 3.8) is 0 Å². The van der Waals surface area contributed by atoms with Gasteiger partial charge in [0.25, 0.3) is 0 Å². The molecule has 0 amide bonds. The van der Waals surface area contributed by atoms with Crippen molar-refractivity contribution < 1.29 is 4.42 Å². The Bertz CT molecular complexity index is 3560. The molecule has 4 heteroatoms. The molecular formula is C60H41N3O. The van der Waals surface area contributed by atoms with E-state index in [9.17, 15) is 0 Å². The molecule has 0 fully saturated rings. The van der Waals surface area contributed by atoms with Crippen molar-refractivity contribution in [3.05, 3.63) is 223 Å². The summed E-state index contributed by atoms with van der Waals surface area (Å²) in [4.78, 5) is 16.0. The van der Waals surface area contributed by atoms with E-state index in [2.05, 4.69) is 220 Å². The lowest BCUT2D eigenvalue weighted by Crippen LogP contribution is -2.14. The van der Waals surface area contributed by atoms with Gasteiger partial charge in [0.1, 0.15) is 11.2 Å². The van der Waals surface area contributed by atoms with Crippen LogP contribution in [-0.4, -0.2) is 15.0 Å². The van der Waals surface area contributed by atoms with Gasteiger partial charge in [-0.15, -0.1) is 0 Å². The predicted molar refractivity (Wildman–Crippen MR) is 263 cm³/mol. The summed E-state index contributed by atoms with van der Waals surface area (Å²) in [7, 11) is 0. The summed E-state index contributed by atoms with van der Waals surface area (Å²) in [6, 6.07) is 74.9. The third kappa shape index (κ3) is 6.34. The lowest BCUT2D eigenvalue weighted by molar-refractivity contribution is 0.660. The summed E-state index contributed by atoms with van der Waals surface area (Å²) in [5.74, 6) is 1.86. The number of benzene rings is 9. The standard InChI is InChI=1S/C60H41N3O/c1-60(2)51-25-13-12-22-48(51)55-50(24-14-26-52(55)60)59-62-57(42-30-28-40(29-31-42)38-16-6-3-7-17-38)61-58(63-59)46-35-44(39-18-8-4-9-19-39)34-45(36-46)43-32-33-49-54(37-43)64-53-27-15-23-47(56(49)53)41-20-10-5-11-21-41/h3-37H,1-2H3. The first-order valence-corrected chi connectivity index (χ1v) is 21.8. The van der Waals surface area contributed by atoms with Crippen LogP contribution in [0.3, 0.4) is 0 Å². The number of aromatic nitrogens is 3. The highest BCUT2D eigenvalue weighted by Gasteiger charge is 2.37. The first-order chi connectivity index (χ1) is 31.5. The quantitative estimate of drug-likeness (QED) is 0.161. The Kier molecular flexibility index (Phi) is 8.80. The van der Waals surface area contributed by atoms with E-state index >= 15 is 0 Å². The van der Waals surface area contributed by atoms with Crippen molar-refractivity contribution >= 4 is 21.9 Å². The molecule has 0 atom stereocenters. The fraction of sp³-hybridized carbons (Fsp3) is 0.0500. The molecule has 12 rings (SSSR count). The summed E-state index contributed by atoms with van der Waals surface area (Å²) in [6.45, 7) is 4.61. The van der Waals surface area contributed by atoms with Crippen molar-refractivity contribution in [1.82, 2.24) is 15.0 Å². The Hall–Kier alpha value is -8.21. The van der Waals surface area contributed by atoms with Crippen LogP contribution in [0.1, 0.15) is 25.0 Å². The normalized spacial score (nSPS) is 12.7. The van der Waals surface area contributed by atoms with Crippen molar-refractivity contribution in [3.8, 4) is 89.8 Å². The van der Waals surface area contributed by atoms with Crippen LogP contribution in [0.2, 0.25) is 0 Å².